The summed E-state index contributed by atoms with van der Waals surface area (Å²) in [5.41, 5.74) is 0. The highest BCUT2D eigenvalue weighted by molar-refractivity contribution is 7.76. The molecule has 56 valence electrons. The average molecular weight is 152 g/mol. The monoisotopic (exact) mass is 152 g/mol. The van der Waals surface area contributed by atoms with Crippen LogP contribution < -0.4 is 0 Å². The maximum Gasteiger partial charge on any atom is 0.0599 e. The largest absolute Gasteiger partial charge is 0.760 e. The molecule has 0 spiro atoms. The third-order valence-corrected chi connectivity index (χ3v) is 1.56. The van der Waals surface area contributed by atoms with Crippen molar-refractivity contribution in [2.45, 2.75) is 0 Å². The molecule has 0 N–H and O–H groups in total. The second kappa shape index (κ2) is 4.87. The Morgan fingerprint density at radius 3 is 2.67 bits per heavy atom. The molecule has 1 atom stereocenters. The summed E-state index contributed by atoms with van der Waals surface area (Å²) in [4.78, 5) is 0. The standard InChI is InChI=1S/C4H11NO3S/c1-5(9(6)7)3-4-8-2/h3-4H2,1-2H3,(H,6,7)/p-1. The van der Waals surface area contributed by atoms with Crippen LogP contribution in [0.1, 0.15) is 0 Å². The van der Waals surface area contributed by atoms with Crippen LogP contribution in [0.2, 0.25) is 0 Å². The molecule has 0 fully saturated rings. The molecular formula is C4H10NO3S-. The van der Waals surface area contributed by atoms with Crippen molar-refractivity contribution in [3.63, 3.8) is 0 Å². The first-order chi connectivity index (χ1) is 4.18. The van der Waals surface area contributed by atoms with Crippen molar-refractivity contribution in [1.29, 1.82) is 0 Å². The Bertz CT molecular complexity index is 97.8. The van der Waals surface area contributed by atoms with Gasteiger partial charge < -0.3 is 9.29 Å². The number of hydrogen-bond acceptors (Lipinski definition) is 3. The summed E-state index contributed by atoms with van der Waals surface area (Å²) in [6.45, 7) is 0.844. The normalized spacial score (nSPS) is 14.2. The van der Waals surface area contributed by atoms with Crippen molar-refractivity contribution in [1.82, 2.24) is 4.31 Å². The molecule has 0 bridgehead atoms. The van der Waals surface area contributed by atoms with Gasteiger partial charge in [-0.2, -0.15) is 0 Å². The van der Waals surface area contributed by atoms with Crippen molar-refractivity contribution in [2.24, 2.45) is 0 Å². The Balaban J connectivity index is 3.27. The fourth-order valence-electron chi connectivity index (χ4n) is 0.294. The van der Waals surface area contributed by atoms with Crippen LogP contribution in [0.3, 0.4) is 0 Å². The Labute approximate surface area is 57.2 Å². The van der Waals surface area contributed by atoms with Crippen LogP contribution in [0, 0.1) is 0 Å². The van der Waals surface area contributed by atoms with Crippen LogP contribution in [0.15, 0.2) is 0 Å². The van der Waals surface area contributed by atoms with E-state index in [1.54, 1.807) is 0 Å². The molecule has 0 radical (unpaired) electrons. The van der Waals surface area contributed by atoms with Gasteiger partial charge in [-0.1, -0.05) is 0 Å². The number of rotatable bonds is 4. The van der Waals surface area contributed by atoms with Crippen molar-refractivity contribution >= 4 is 11.3 Å². The lowest BCUT2D eigenvalue weighted by molar-refractivity contribution is 0.184. The number of methoxy groups -OCH3 is 1. The molecular weight excluding hydrogens is 142 g/mol. The second-order valence-electron chi connectivity index (χ2n) is 1.56. The van der Waals surface area contributed by atoms with E-state index in [1.807, 2.05) is 0 Å². The molecule has 5 heteroatoms. The Morgan fingerprint density at radius 1 is 1.78 bits per heavy atom. The molecule has 0 aromatic carbocycles. The van der Waals surface area contributed by atoms with Gasteiger partial charge in [0, 0.05) is 24.9 Å². The Morgan fingerprint density at radius 2 is 2.33 bits per heavy atom. The molecule has 0 saturated carbocycles. The minimum absolute atomic E-state index is 0.409. The lowest BCUT2D eigenvalue weighted by atomic mass is 10.7. The van der Waals surface area contributed by atoms with Gasteiger partial charge in [-0.25, -0.2) is 4.31 Å². The molecule has 0 aromatic heterocycles. The highest BCUT2D eigenvalue weighted by Gasteiger charge is 1.93. The summed E-state index contributed by atoms with van der Waals surface area (Å²) in [7, 11) is 3.02. The van der Waals surface area contributed by atoms with E-state index in [-0.39, 0.29) is 0 Å². The fourth-order valence-corrected chi connectivity index (χ4v) is 0.518. The number of hydrogen-bond donors (Lipinski definition) is 0. The predicted octanol–water partition coefficient (Wildman–Crippen LogP) is -0.641. The molecule has 0 aliphatic rings. The lowest BCUT2D eigenvalue weighted by Crippen LogP contribution is -2.24. The average Bonchev–Trinajstić information content (AvgIpc) is 1.82. The molecule has 0 aliphatic heterocycles. The molecule has 0 aromatic rings. The molecule has 0 amide bonds. The van der Waals surface area contributed by atoms with E-state index in [0.29, 0.717) is 13.2 Å². The summed E-state index contributed by atoms with van der Waals surface area (Å²) in [5, 5.41) is 0. The van der Waals surface area contributed by atoms with Crippen LogP contribution in [-0.2, 0) is 16.0 Å². The van der Waals surface area contributed by atoms with Gasteiger partial charge in [0.15, 0.2) is 0 Å². The van der Waals surface area contributed by atoms with Gasteiger partial charge in [0.25, 0.3) is 0 Å². The van der Waals surface area contributed by atoms with Crippen LogP contribution in [0.4, 0.5) is 0 Å². The van der Waals surface area contributed by atoms with Crippen molar-refractivity contribution in [3.8, 4) is 0 Å². The van der Waals surface area contributed by atoms with E-state index in [2.05, 4.69) is 4.74 Å². The van der Waals surface area contributed by atoms with E-state index in [9.17, 15) is 8.76 Å². The van der Waals surface area contributed by atoms with E-state index >= 15 is 0 Å². The van der Waals surface area contributed by atoms with E-state index in [4.69, 9.17) is 0 Å². The predicted molar refractivity (Wildman–Crippen MR) is 33.4 cm³/mol. The summed E-state index contributed by atoms with van der Waals surface area (Å²) in [5.74, 6) is 0. The molecule has 9 heavy (non-hydrogen) atoms. The van der Waals surface area contributed by atoms with Gasteiger partial charge >= 0.3 is 0 Å². The molecule has 0 heterocycles. The first-order valence-corrected chi connectivity index (χ1v) is 3.51. The van der Waals surface area contributed by atoms with Gasteiger partial charge in [-0.05, 0) is 7.05 Å². The first-order valence-electron chi connectivity index (χ1n) is 2.48. The van der Waals surface area contributed by atoms with E-state index < -0.39 is 11.3 Å². The quantitative estimate of drug-likeness (QED) is 0.503. The minimum atomic E-state index is -2.11. The maximum atomic E-state index is 10.1. The highest BCUT2D eigenvalue weighted by Crippen LogP contribution is 1.84. The van der Waals surface area contributed by atoms with Crippen molar-refractivity contribution in [3.05, 3.63) is 0 Å². The number of nitrogens with zero attached hydrogens (tertiary/aromatic N) is 1. The molecule has 1 unspecified atom stereocenters. The maximum absolute atomic E-state index is 10.1. The number of ether oxygens (including phenoxy) is 1. The summed E-state index contributed by atoms with van der Waals surface area (Å²) >= 11 is -2.11. The van der Waals surface area contributed by atoms with Gasteiger partial charge in [0.05, 0.1) is 6.61 Å². The third kappa shape index (κ3) is 4.53. The van der Waals surface area contributed by atoms with Gasteiger partial charge in [-0.15, -0.1) is 0 Å². The van der Waals surface area contributed by atoms with Crippen molar-refractivity contribution < 1.29 is 13.5 Å². The number of likely N-dealkylation sites (N-methyl/N-ethyl adjacent to an activating group) is 1. The van der Waals surface area contributed by atoms with Crippen LogP contribution in [0.5, 0.6) is 0 Å². The zero-order valence-corrected chi connectivity index (χ0v) is 6.31. The van der Waals surface area contributed by atoms with Gasteiger partial charge in [0.2, 0.25) is 0 Å². The lowest BCUT2D eigenvalue weighted by Gasteiger charge is -2.17. The Kier molecular flexibility index (Phi) is 4.88. The molecule has 4 nitrogen and oxygen atoms in total. The minimum Gasteiger partial charge on any atom is -0.760 e. The molecule has 0 saturated heterocycles. The summed E-state index contributed by atoms with van der Waals surface area (Å²) < 4.78 is 26.0. The fraction of sp³-hybridized carbons (Fsp3) is 1.00. The second-order valence-corrected chi connectivity index (χ2v) is 2.62. The van der Waals surface area contributed by atoms with Gasteiger partial charge in [-0.3, -0.25) is 4.21 Å². The first kappa shape index (κ1) is 9.03. The highest BCUT2D eigenvalue weighted by atomic mass is 32.2. The van der Waals surface area contributed by atoms with E-state index in [0.717, 1.165) is 0 Å². The topological polar surface area (TPSA) is 52.6 Å². The molecule has 0 rings (SSSR count). The van der Waals surface area contributed by atoms with Crippen LogP contribution in [0.25, 0.3) is 0 Å². The zero-order chi connectivity index (χ0) is 7.28. The molecule has 0 aliphatic carbocycles. The SMILES string of the molecule is COCCN(C)S(=O)[O-]. The van der Waals surface area contributed by atoms with Crippen molar-refractivity contribution in [2.75, 3.05) is 27.3 Å². The van der Waals surface area contributed by atoms with Gasteiger partial charge in [0.1, 0.15) is 0 Å². The van der Waals surface area contributed by atoms with Crippen LogP contribution in [-0.4, -0.2) is 40.4 Å². The van der Waals surface area contributed by atoms with Crippen LogP contribution >= 0.6 is 0 Å². The van der Waals surface area contributed by atoms with E-state index in [1.165, 1.54) is 18.5 Å². The summed E-state index contributed by atoms with van der Waals surface area (Å²) in [6.07, 6.45) is 0. The third-order valence-electron chi connectivity index (χ3n) is 0.865. The zero-order valence-electron chi connectivity index (χ0n) is 5.49. The summed E-state index contributed by atoms with van der Waals surface area (Å²) in [6, 6.07) is 0. The smallest absolute Gasteiger partial charge is 0.0599 e. The Hall–Kier alpha value is 0.0300.